The molecule has 0 aromatic heterocycles. The van der Waals surface area contributed by atoms with Crippen molar-refractivity contribution in [1.82, 2.24) is 14.7 Å². The third kappa shape index (κ3) is 4.48. The second-order valence-electron chi connectivity index (χ2n) is 7.70. The highest BCUT2D eigenvalue weighted by atomic mass is 16.2. The van der Waals surface area contributed by atoms with Crippen molar-refractivity contribution in [3.63, 3.8) is 0 Å². The van der Waals surface area contributed by atoms with Crippen LogP contribution in [0.5, 0.6) is 0 Å². The van der Waals surface area contributed by atoms with E-state index in [1.54, 1.807) is 4.90 Å². The maximum Gasteiger partial charge on any atom is 0.228 e. The average molecular weight is 337 g/mol. The monoisotopic (exact) mass is 337 g/mol. The second kappa shape index (κ2) is 7.99. The molecule has 1 atom stereocenters. The maximum atomic E-state index is 12.8. The summed E-state index contributed by atoms with van der Waals surface area (Å²) in [5.74, 6) is 0.459. The van der Waals surface area contributed by atoms with Crippen LogP contribution >= 0.6 is 0 Å². The van der Waals surface area contributed by atoms with E-state index in [4.69, 9.17) is 0 Å². The molecular formula is C18H31N3O3. The zero-order valence-corrected chi connectivity index (χ0v) is 15.5. The van der Waals surface area contributed by atoms with Crippen molar-refractivity contribution in [3.8, 4) is 0 Å². The third-order valence-electron chi connectivity index (χ3n) is 4.87. The van der Waals surface area contributed by atoms with Crippen molar-refractivity contribution in [2.24, 2.45) is 11.8 Å². The second-order valence-corrected chi connectivity index (χ2v) is 7.70. The Morgan fingerprint density at radius 3 is 2.25 bits per heavy atom. The van der Waals surface area contributed by atoms with E-state index in [0.717, 1.165) is 13.0 Å². The normalized spacial score (nSPS) is 22.5. The highest BCUT2D eigenvalue weighted by Crippen LogP contribution is 2.23. The lowest BCUT2D eigenvalue weighted by molar-refractivity contribution is -0.136. The van der Waals surface area contributed by atoms with Crippen LogP contribution in [0.1, 0.15) is 47.0 Å². The Morgan fingerprint density at radius 2 is 1.67 bits per heavy atom. The average Bonchev–Trinajstić information content (AvgIpc) is 2.73. The summed E-state index contributed by atoms with van der Waals surface area (Å²) in [6, 6.07) is 0.142. The van der Waals surface area contributed by atoms with E-state index in [1.807, 2.05) is 37.5 Å². The van der Waals surface area contributed by atoms with E-state index < -0.39 is 0 Å². The lowest BCUT2D eigenvalue weighted by Gasteiger charge is -2.25. The molecule has 0 spiro atoms. The van der Waals surface area contributed by atoms with Gasteiger partial charge in [0.25, 0.3) is 0 Å². The molecule has 1 unspecified atom stereocenters. The van der Waals surface area contributed by atoms with Gasteiger partial charge in [-0.25, -0.2) is 0 Å². The molecule has 3 amide bonds. The van der Waals surface area contributed by atoms with Crippen LogP contribution < -0.4 is 0 Å². The number of hydrogen-bond donors (Lipinski definition) is 0. The summed E-state index contributed by atoms with van der Waals surface area (Å²) in [5, 5.41) is 0. The van der Waals surface area contributed by atoms with Crippen LogP contribution in [0.4, 0.5) is 0 Å². The SMILES string of the molecule is CC(C)CC(=O)N1CCCN(C(=O)C2CC(=O)N(C(C)C)C2)CC1. The Hall–Kier alpha value is -1.59. The summed E-state index contributed by atoms with van der Waals surface area (Å²) in [4.78, 5) is 42.5. The maximum absolute atomic E-state index is 12.8. The summed E-state index contributed by atoms with van der Waals surface area (Å²) in [7, 11) is 0. The first-order valence-electron chi connectivity index (χ1n) is 9.15. The van der Waals surface area contributed by atoms with E-state index in [2.05, 4.69) is 0 Å². The quantitative estimate of drug-likeness (QED) is 0.778. The summed E-state index contributed by atoms with van der Waals surface area (Å²) < 4.78 is 0. The van der Waals surface area contributed by atoms with Crippen LogP contribution in [-0.2, 0) is 14.4 Å². The predicted octanol–water partition coefficient (Wildman–Crippen LogP) is 1.35. The van der Waals surface area contributed by atoms with Gasteiger partial charge in [0.2, 0.25) is 17.7 Å². The van der Waals surface area contributed by atoms with Crippen molar-refractivity contribution in [1.29, 1.82) is 0 Å². The number of rotatable bonds is 4. The zero-order valence-electron chi connectivity index (χ0n) is 15.5. The molecule has 2 saturated heterocycles. The third-order valence-corrected chi connectivity index (χ3v) is 4.87. The molecule has 0 bridgehead atoms. The van der Waals surface area contributed by atoms with Gasteiger partial charge in [-0.3, -0.25) is 14.4 Å². The van der Waals surface area contributed by atoms with Crippen LogP contribution in [0.25, 0.3) is 0 Å². The van der Waals surface area contributed by atoms with Crippen molar-refractivity contribution in [2.75, 3.05) is 32.7 Å². The molecule has 24 heavy (non-hydrogen) atoms. The highest BCUT2D eigenvalue weighted by Gasteiger charge is 2.37. The van der Waals surface area contributed by atoms with E-state index >= 15 is 0 Å². The van der Waals surface area contributed by atoms with E-state index in [9.17, 15) is 14.4 Å². The predicted molar refractivity (Wildman–Crippen MR) is 92.2 cm³/mol. The largest absolute Gasteiger partial charge is 0.341 e. The van der Waals surface area contributed by atoms with Crippen molar-refractivity contribution >= 4 is 17.7 Å². The summed E-state index contributed by atoms with van der Waals surface area (Å²) in [5.41, 5.74) is 0. The molecule has 0 aromatic rings. The standard InChI is InChI=1S/C18H31N3O3/c1-13(2)10-16(22)19-6-5-7-20(9-8-19)18(24)15-11-17(23)21(12-15)14(3)4/h13-15H,5-12H2,1-4H3. The smallest absolute Gasteiger partial charge is 0.228 e. The zero-order chi connectivity index (χ0) is 17.9. The molecule has 2 aliphatic rings. The molecular weight excluding hydrogens is 306 g/mol. The van der Waals surface area contributed by atoms with Crippen LogP contribution in [0.3, 0.4) is 0 Å². The molecule has 6 heteroatoms. The van der Waals surface area contributed by atoms with Gasteiger partial charge in [0.1, 0.15) is 0 Å². The number of carbonyl (C=O) groups excluding carboxylic acids is 3. The molecule has 0 N–H and O–H groups in total. The van der Waals surface area contributed by atoms with Gasteiger partial charge in [0.05, 0.1) is 5.92 Å². The molecule has 0 aliphatic carbocycles. The van der Waals surface area contributed by atoms with E-state index in [0.29, 0.717) is 44.9 Å². The van der Waals surface area contributed by atoms with Crippen LogP contribution in [0.2, 0.25) is 0 Å². The van der Waals surface area contributed by atoms with Gasteiger partial charge >= 0.3 is 0 Å². The summed E-state index contributed by atoms with van der Waals surface area (Å²) in [6.45, 7) is 11.2. The lowest BCUT2D eigenvalue weighted by Crippen LogP contribution is -2.41. The Bertz CT molecular complexity index is 490. The Balaban J connectivity index is 1.91. The van der Waals surface area contributed by atoms with Gasteiger partial charge in [0, 0.05) is 51.6 Å². The molecule has 2 aliphatic heterocycles. The summed E-state index contributed by atoms with van der Waals surface area (Å²) >= 11 is 0. The fraction of sp³-hybridized carbons (Fsp3) is 0.833. The molecule has 0 saturated carbocycles. The molecule has 2 rings (SSSR count). The molecule has 2 heterocycles. The summed E-state index contributed by atoms with van der Waals surface area (Å²) in [6.07, 6.45) is 1.70. The van der Waals surface area contributed by atoms with Gasteiger partial charge in [0.15, 0.2) is 0 Å². The van der Waals surface area contributed by atoms with Crippen LogP contribution in [0, 0.1) is 11.8 Å². The number of likely N-dealkylation sites (tertiary alicyclic amines) is 1. The van der Waals surface area contributed by atoms with Gasteiger partial charge in [-0.1, -0.05) is 13.8 Å². The number of nitrogens with zero attached hydrogens (tertiary/aromatic N) is 3. The number of carbonyl (C=O) groups is 3. The minimum atomic E-state index is -0.224. The van der Waals surface area contributed by atoms with Crippen molar-refractivity contribution in [3.05, 3.63) is 0 Å². The first-order valence-corrected chi connectivity index (χ1v) is 9.15. The minimum absolute atomic E-state index is 0.0738. The fourth-order valence-electron chi connectivity index (χ4n) is 3.52. The lowest BCUT2D eigenvalue weighted by atomic mass is 10.1. The first kappa shape index (κ1) is 18.7. The Labute approximate surface area is 145 Å². The van der Waals surface area contributed by atoms with Crippen molar-refractivity contribution in [2.45, 2.75) is 53.0 Å². The molecule has 0 radical (unpaired) electrons. The van der Waals surface area contributed by atoms with Crippen LogP contribution in [-0.4, -0.2) is 71.2 Å². The number of amides is 3. The van der Waals surface area contributed by atoms with Gasteiger partial charge in [-0.15, -0.1) is 0 Å². The topological polar surface area (TPSA) is 60.9 Å². The number of hydrogen-bond acceptors (Lipinski definition) is 3. The molecule has 6 nitrogen and oxygen atoms in total. The van der Waals surface area contributed by atoms with Crippen molar-refractivity contribution < 1.29 is 14.4 Å². The van der Waals surface area contributed by atoms with E-state index in [1.165, 1.54) is 0 Å². The highest BCUT2D eigenvalue weighted by molar-refractivity contribution is 5.89. The first-order chi connectivity index (χ1) is 11.3. The molecule has 2 fully saturated rings. The van der Waals surface area contributed by atoms with Crippen LogP contribution in [0.15, 0.2) is 0 Å². The Kier molecular flexibility index (Phi) is 6.24. The van der Waals surface area contributed by atoms with Gasteiger partial charge in [-0.2, -0.15) is 0 Å². The van der Waals surface area contributed by atoms with Gasteiger partial charge in [-0.05, 0) is 26.2 Å². The molecule has 0 aromatic carbocycles. The van der Waals surface area contributed by atoms with Gasteiger partial charge < -0.3 is 14.7 Å². The fourth-order valence-corrected chi connectivity index (χ4v) is 3.52. The Morgan fingerprint density at radius 1 is 1.04 bits per heavy atom. The minimum Gasteiger partial charge on any atom is -0.341 e. The molecule has 136 valence electrons. The van der Waals surface area contributed by atoms with E-state index in [-0.39, 0.29) is 29.7 Å².